The van der Waals surface area contributed by atoms with Crippen molar-refractivity contribution in [3.8, 4) is 5.75 Å². The molecule has 0 aliphatic carbocycles. The summed E-state index contributed by atoms with van der Waals surface area (Å²) in [6, 6.07) is 4.62. The van der Waals surface area contributed by atoms with Crippen molar-refractivity contribution in [3.63, 3.8) is 0 Å². The fourth-order valence-corrected chi connectivity index (χ4v) is 2.53. The standard InChI is InChI=1S/C16H19NO4/c1-3-4-5-6-10-9-13(18)17-15-11(16(19)20)7-8-12(21-2)14(10)15/h7-9H,3-6H2,1-2H3,(H,17,18)(H,19,20). The van der Waals surface area contributed by atoms with Crippen LogP contribution in [0.25, 0.3) is 10.9 Å². The summed E-state index contributed by atoms with van der Waals surface area (Å²) in [7, 11) is 1.54. The van der Waals surface area contributed by atoms with Crippen LogP contribution in [-0.2, 0) is 6.42 Å². The molecule has 0 bridgehead atoms. The van der Waals surface area contributed by atoms with Gasteiger partial charge in [0.25, 0.3) is 0 Å². The number of hydrogen-bond acceptors (Lipinski definition) is 3. The van der Waals surface area contributed by atoms with Gasteiger partial charge >= 0.3 is 5.97 Å². The van der Waals surface area contributed by atoms with Gasteiger partial charge in [-0.1, -0.05) is 19.8 Å². The number of ether oxygens (including phenoxy) is 1. The van der Waals surface area contributed by atoms with Crippen molar-refractivity contribution in [1.82, 2.24) is 4.98 Å². The van der Waals surface area contributed by atoms with Gasteiger partial charge in [-0.15, -0.1) is 0 Å². The number of aryl methyl sites for hydroxylation is 1. The number of pyridine rings is 1. The number of aromatic nitrogens is 1. The van der Waals surface area contributed by atoms with E-state index in [0.717, 1.165) is 31.2 Å². The molecule has 2 aromatic rings. The molecular formula is C16H19NO4. The molecule has 112 valence electrons. The molecule has 0 atom stereocenters. The molecule has 0 fully saturated rings. The van der Waals surface area contributed by atoms with Crippen molar-refractivity contribution in [2.24, 2.45) is 0 Å². The van der Waals surface area contributed by atoms with E-state index < -0.39 is 5.97 Å². The number of benzene rings is 1. The number of carbonyl (C=O) groups is 1. The molecule has 2 rings (SSSR count). The van der Waals surface area contributed by atoms with Crippen LogP contribution in [0.3, 0.4) is 0 Å². The number of hydrogen-bond donors (Lipinski definition) is 2. The van der Waals surface area contributed by atoms with E-state index in [-0.39, 0.29) is 11.1 Å². The lowest BCUT2D eigenvalue weighted by molar-refractivity contribution is 0.0699. The Hall–Kier alpha value is -2.30. The molecule has 5 heteroatoms. The number of carboxylic acid groups (broad SMARTS) is 1. The molecule has 0 amide bonds. The van der Waals surface area contributed by atoms with Crippen LogP contribution in [0.2, 0.25) is 0 Å². The van der Waals surface area contributed by atoms with E-state index in [0.29, 0.717) is 16.7 Å². The topological polar surface area (TPSA) is 79.4 Å². The zero-order valence-electron chi connectivity index (χ0n) is 12.2. The smallest absolute Gasteiger partial charge is 0.337 e. The largest absolute Gasteiger partial charge is 0.496 e. The van der Waals surface area contributed by atoms with Crippen LogP contribution in [0.15, 0.2) is 23.0 Å². The summed E-state index contributed by atoms with van der Waals surface area (Å²) in [5.74, 6) is -0.484. The molecule has 2 N–H and O–H groups in total. The Morgan fingerprint density at radius 2 is 2.10 bits per heavy atom. The number of fused-ring (bicyclic) bond motifs is 1. The van der Waals surface area contributed by atoms with Crippen molar-refractivity contribution in [2.75, 3.05) is 7.11 Å². The van der Waals surface area contributed by atoms with Gasteiger partial charge in [-0.2, -0.15) is 0 Å². The molecule has 21 heavy (non-hydrogen) atoms. The van der Waals surface area contributed by atoms with Crippen molar-refractivity contribution >= 4 is 16.9 Å². The lowest BCUT2D eigenvalue weighted by atomic mass is 9.99. The van der Waals surface area contributed by atoms with E-state index in [9.17, 15) is 14.7 Å². The first-order chi connectivity index (χ1) is 10.1. The zero-order valence-corrected chi connectivity index (χ0v) is 12.2. The molecule has 1 heterocycles. The average molecular weight is 289 g/mol. The quantitative estimate of drug-likeness (QED) is 0.801. The first kappa shape index (κ1) is 15.1. The van der Waals surface area contributed by atoms with Gasteiger partial charge in [0.2, 0.25) is 5.56 Å². The number of nitrogens with one attached hydrogen (secondary N) is 1. The monoisotopic (exact) mass is 289 g/mol. The SMILES string of the molecule is CCCCCc1cc(=O)[nH]c2c(C(=O)O)ccc(OC)c12. The lowest BCUT2D eigenvalue weighted by Gasteiger charge is -2.12. The summed E-state index contributed by atoms with van der Waals surface area (Å²) in [5.41, 5.74) is 0.966. The molecule has 5 nitrogen and oxygen atoms in total. The Morgan fingerprint density at radius 1 is 1.33 bits per heavy atom. The molecule has 0 aliphatic heterocycles. The molecule has 0 radical (unpaired) electrons. The van der Waals surface area contributed by atoms with Gasteiger partial charge in [-0.05, 0) is 30.5 Å². The molecule has 1 aromatic heterocycles. The number of aromatic amines is 1. The van der Waals surface area contributed by atoms with Crippen LogP contribution < -0.4 is 10.3 Å². The molecule has 0 saturated heterocycles. The van der Waals surface area contributed by atoms with Crippen molar-refractivity contribution in [1.29, 1.82) is 0 Å². The molecular weight excluding hydrogens is 270 g/mol. The van der Waals surface area contributed by atoms with Crippen LogP contribution in [0.5, 0.6) is 5.75 Å². The number of carboxylic acids is 1. The van der Waals surface area contributed by atoms with Gasteiger partial charge in [0.05, 0.1) is 18.2 Å². The Kier molecular flexibility index (Phi) is 4.62. The maximum Gasteiger partial charge on any atom is 0.337 e. The van der Waals surface area contributed by atoms with Gasteiger partial charge in [-0.3, -0.25) is 4.79 Å². The molecule has 0 aliphatic rings. The maximum absolute atomic E-state index is 11.8. The minimum atomic E-state index is -1.07. The molecule has 0 saturated carbocycles. The second-order valence-electron chi connectivity index (χ2n) is 4.99. The van der Waals surface area contributed by atoms with Gasteiger partial charge < -0.3 is 14.8 Å². The summed E-state index contributed by atoms with van der Waals surface area (Å²) >= 11 is 0. The Morgan fingerprint density at radius 3 is 2.71 bits per heavy atom. The third-order valence-corrected chi connectivity index (χ3v) is 3.54. The zero-order chi connectivity index (χ0) is 15.4. The summed E-state index contributed by atoms with van der Waals surface area (Å²) < 4.78 is 5.33. The first-order valence-electron chi connectivity index (χ1n) is 7.04. The highest BCUT2D eigenvalue weighted by atomic mass is 16.5. The van der Waals surface area contributed by atoms with Crippen LogP contribution in [0.1, 0.15) is 42.1 Å². The Balaban J connectivity index is 2.69. The van der Waals surface area contributed by atoms with E-state index in [2.05, 4.69) is 11.9 Å². The predicted octanol–water partition coefficient (Wildman–Crippen LogP) is 2.97. The maximum atomic E-state index is 11.8. The third kappa shape index (κ3) is 3.07. The number of methoxy groups -OCH3 is 1. The van der Waals surface area contributed by atoms with Gasteiger partial charge in [0.15, 0.2) is 0 Å². The number of unbranched alkanes of at least 4 members (excludes halogenated alkanes) is 2. The highest BCUT2D eigenvalue weighted by molar-refractivity contribution is 6.04. The van der Waals surface area contributed by atoms with Crippen molar-refractivity contribution in [3.05, 3.63) is 39.7 Å². The van der Waals surface area contributed by atoms with Crippen LogP contribution in [-0.4, -0.2) is 23.2 Å². The highest BCUT2D eigenvalue weighted by Crippen LogP contribution is 2.30. The fourth-order valence-electron chi connectivity index (χ4n) is 2.53. The van der Waals surface area contributed by atoms with Gasteiger partial charge in [0.1, 0.15) is 5.75 Å². The van der Waals surface area contributed by atoms with Crippen molar-refractivity contribution in [2.45, 2.75) is 32.6 Å². The molecule has 0 unspecified atom stereocenters. The van der Waals surface area contributed by atoms with Crippen LogP contribution in [0.4, 0.5) is 0 Å². The summed E-state index contributed by atoms with van der Waals surface area (Å²) in [6.07, 6.45) is 3.83. The van der Waals surface area contributed by atoms with E-state index in [4.69, 9.17) is 4.74 Å². The predicted molar refractivity (Wildman–Crippen MR) is 81.3 cm³/mol. The van der Waals surface area contributed by atoms with Crippen LogP contribution >= 0.6 is 0 Å². The van der Waals surface area contributed by atoms with Gasteiger partial charge in [0, 0.05) is 11.5 Å². The number of aromatic carboxylic acids is 1. The minimum absolute atomic E-state index is 0.0836. The van der Waals surface area contributed by atoms with E-state index in [1.807, 2.05) is 0 Å². The second kappa shape index (κ2) is 6.43. The first-order valence-corrected chi connectivity index (χ1v) is 7.04. The molecule has 0 spiro atoms. The Bertz CT molecular complexity index is 718. The second-order valence-corrected chi connectivity index (χ2v) is 4.99. The molecule has 1 aromatic carbocycles. The van der Waals surface area contributed by atoms with E-state index >= 15 is 0 Å². The normalized spacial score (nSPS) is 10.8. The average Bonchev–Trinajstić information content (AvgIpc) is 2.45. The van der Waals surface area contributed by atoms with E-state index in [1.54, 1.807) is 6.07 Å². The van der Waals surface area contributed by atoms with E-state index in [1.165, 1.54) is 19.2 Å². The van der Waals surface area contributed by atoms with Crippen molar-refractivity contribution < 1.29 is 14.6 Å². The fraction of sp³-hybridized carbons (Fsp3) is 0.375. The summed E-state index contributed by atoms with van der Waals surface area (Å²) in [5, 5.41) is 9.97. The highest BCUT2D eigenvalue weighted by Gasteiger charge is 2.16. The summed E-state index contributed by atoms with van der Waals surface area (Å²) in [6.45, 7) is 2.11. The summed E-state index contributed by atoms with van der Waals surface area (Å²) in [4.78, 5) is 25.8. The minimum Gasteiger partial charge on any atom is -0.496 e. The third-order valence-electron chi connectivity index (χ3n) is 3.54. The number of rotatable bonds is 6. The van der Waals surface area contributed by atoms with Gasteiger partial charge in [-0.25, -0.2) is 4.79 Å². The number of H-pyrrole nitrogens is 1. The Labute approximate surface area is 122 Å². The van der Waals surface area contributed by atoms with Crippen LogP contribution in [0, 0.1) is 0 Å². The lowest BCUT2D eigenvalue weighted by Crippen LogP contribution is -2.11.